The Morgan fingerprint density at radius 3 is 2.95 bits per heavy atom. The minimum absolute atomic E-state index is 0.353. The average molecular weight is 255 g/mol. The van der Waals surface area contributed by atoms with Gasteiger partial charge in [0.25, 0.3) is 0 Å². The van der Waals surface area contributed by atoms with Crippen molar-refractivity contribution in [1.82, 2.24) is 20.3 Å². The van der Waals surface area contributed by atoms with Crippen LogP contribution >= 0.6 is 0 Å². The fourth-order valence-electron chi connectivity index (χ4n) is 2.34. The molecule has 1 fully saturated rings. The molecule has 2 aromatic rings. The summed E-state index contributed by atoms with van der Waals surface area (Å²) in [7, 11) is 0. The van der Waals surface area contributed by atoms with E-state index in [9.17, 15) is 0 Å². The van der Waals surface area contributed by atoms with E-state index in [1.807, 2.05) is 31.2 Å². The van der Waals surface area contributed by atoms with Gasteiger partial charge in [-0.2, -0.15) is 0 Å². The number of nitrogens with one attached hydrogen (secondary N) is 2. The molecule has 1 aliphatic heterocycles. The summed E-state index contributed by atoms with van der Waals surface area (Å²) in [5, 5.41) is 6.68. The summed E-state index contributed by atoms with van der Waals surface area (Å²) in [5.41, 5.74) is 1.06. The highest BCUT2D eigenvalue weighted by atomic mass is 15.1. The van der Waals surface area contributed by atoms with Crippen LogP contribution in [-0.2, 0) is 0 Å². The zero-order valence-electron chi connectivity index (χ0n) is 10.9. The molecule has 0 unspecified atom stereocenters. The molecule has 19 heavy (non-hydrogen) atoms. The lowest BCUT2D eigenvalue weighted by Gasteiger charge is -2.12. The Bertz CT molecular complexity index is 549. The molecule has 1 saturated heterocycles. The first-order valence-electron chi connectivity index (χ1n) is 6.58. The van der Waals surface area contributed by atoms with E-state index in [1.54, 1.807) is 6.20 Å². The zero-order valence-corrected chi connectivity index (χ0v) is 10.9. The van der Waals surface area contributed by atoms with Gasteiger partial charge in [-0.15, -0.1) is 0 Å². The normalized spacial score (nSPS) is 18.5. The first kappa shape index (κ1) is 12.0. The largest absolute Gasteiger partial charge is 0.325 e. The minimum atomic E-state index is 0.353. The number of anilines is 2. The lowest BCUT2D eigenvalue weighted by Crippen LogP contribution is -2.15. The highest BCUT2D eigenvalue weighted by molar-refractivity contribution is 5.51. The van der Waals surface area contributed by atoms with E-state index >= 15 is 0 Å². The van der Waals surface area contributed by atoms with Crippen molar-refractivity contribution in [2.75, 3.05) is 11.9 Å². The van der Waals surface area contributed by atoms with E-state index in [-0.39, 0.29) is 0 Å². The lowest BCUT2D eigenvalue weighted by molar-refractivity contribution is 0.623. The third-order valence-electron chi connectivity index (χ3n) is 3.20. The number of pyridine rings is 1. The van der Waals surface area contributed by atoms with Gasteiger partial charge in [0.1, 0.15) is 17.5 Å². The number of hydrogen-bond donors (Lipinski definition) is 2. The molecule has 0 radical (unpaired) electrons. The maximum atomic E-state index is 4.52. The molecule has 2 N–H and O–H groups in total. The van der Waals surface area contributed by atoms with E-state index in [0.717, 1.165) is 36.1 Å². The van der Waals surface area contributed by atoms with Crippen LogP contribution in [0.3, 0.4) is 0 Å². The first-order valence-corrected chi connectivity index (χ1v) is 6.58. The summed E-state index contributed by atoms with van der Waals surface area (Å²) in [6, 6.07) is 8.12. The van der Waals surface area contributed by atoms with Gasteiger partial charge in [0.15, 0.2) is 0 Å². The topological polar surface area (TPSA) is 62.7 Å². The highest BCUT2D eigenvalue weighted by Gasteiger charge is 2.18. The van der Waals surface area contributed by atoms with Gasteiger partial charge in [-0.05, 0) is 38.4 Å². The van der Waals surface area contributed by atoms with Crippen LogP contribution in [0.2, 0.25) is 0 Å². The summed E-state index contributed by atoms with van der Waals surface area (Å²) in [6.45, 7) is 2.98. The molecule has 0 aromatic carbocycles. The Morgan fingerprint density at radius 1 is 1.26 bits per heavy atom. The molecule has 5 nitrogen and oxygen atoms in total. The molecule has 3 heterocycles. The summed E-state index contributed by atoms with van der Waals surface area (Å²) in [5.74, 6) is 2.38. The van der Waals surface area contributed by atoms with Crippen LogP contribution in [0.15, 0.2) is 30.5 Å². The maximum absolute atomic E-state index is 4.52. The van der Waals surface area contributed by atoms with Crippen LogP contribution in [0.4, 0.5) is 11.6 Å². The quantitative estimate of drug-likeness (QED) is 0.881. The molecular weight excluding hydrogens is 238 g/mol. The molecular formula is C14H17N5. The summed E-state index contributed by atoms with van der Waals surface area (Å²) in [6.07, 6.45) is 4.10. The molecule has 0 bridgehead atoms. The fraction of sp³-hybridized carbons (Fsp3) is 0.357. The smallest absolute Gasteiger partial charge is 0.135 e. The van der Waals surface area contributed by atoms with E-state index in [1.165, 1.54) is 6.42 Å². The molecule has 0 aliphatic carbocycles. The molecule has 0 amide bonds. The van der Waals surface area contributed by atoms with Crippen LogP contribution < -0.4 is 10.6 Å². The predicted molar refractivity (Wildman–Crippen MR) is 74.3 cm³/mol. The van der Waals surface area contributed by atoms with Gasteiger partial charge < -0.3 is 10.6 Å². The third kappa shape index (κ3) is 2.88. The Balaban J connectivity index is 1.85. The summed E-state index contributed by atoms with van der Waals surface area (Å²) in [4.78, 5) is 13.2. The average Bonchev–Trinajstić information content (AvgIpc) is 2.93. The molecule has 2 aromatic heterocycles. The lowest BCUT2D eigenvalue weighted by atomic mass is 10.1. The van der Waals surface area contributed by atoms with Crippen LogP contribution in [-0.4, -0.2) is 21.5 Å². The zero-order chi connectivity index (χ0) is 13.1. The first-order chi connectivity index (χ1) is 9.31. The van der Waals surface area contributed by atoms with Crippen LogP contribution in [0.25, 0.3) is 0 Å². The molecule has 5 heteroatoms. The van der Waals surface area contributed by atoms with Gasteiger partial charge in [-0.3, -0.25) is 0 Å². The van der Waals surface area contributed by atoms with Crippen molar-refractivity contribution in [3.8, 4) is 0 Å². The van der Waals surface area contributed by atoms with Crippen LogP contribution in [0, 0.1) is 6.92 Å². The second-order valence-corrected chi connectivity index (χ2v) is 4.71. The van der Waals surface area contributed by atoms with Crippen molar-refractivity contribution in [1.29, 1.82) is 0 Å². The Labute approximate surface area is 112 Å². The predicted octanol–water partition coefficient (Wildman–Crippen LogP) is 2.35. The molecule has 1 aliphatic rings. The summed E-state index contributed by atoms with van der Waals surface area (Å²) < 4.78 is 0. The van der Waals surface area contributed by atoms with Crippen molar-refractivity contribution >= 4 is 11.6 Å². The molecule has 0 saturated carbocycles. The van der Waals surface area contributed by atoms with Crippen molar-refractivity contribution < 1.29 is 0 Å². The molecule has 1 atom stereocenters. The van der Waals surface area contributed by atoms with Gasteiger partial charge in [0.05, 0.1) is 5.69 Å². The Morgan fingerprint density at radius 2 is 2.21 bits per heavy atom. The number of hydrogen-bond acceptors (Lipinski definition) is 5. The molecule has 3 rings (SSSR count). The molecule has 0 spiro atoms. The fourth-order valence-corrected chi connectivity index (χ4v) is 2.34. The standard InChI is InChI=1S/C14H17N5/c1-10-17-12(11-5-4-8-15-11)9-14(18-10)19-13-6-2-3-7-16-13/h2-3,6-7,9,11,15H,4-5,8H2,1H3,(H,16,17,18,19)/t11-/m0/s1. The number of aromatic nitrogens is 3. The highest BCUT2D eigenvalue weighted by Crippen LogP contribution is 2.23. The number of aryl methyl sites for hydroxylation is 1. The third-order valence-corrected chi connectivity index (χ3v) is 3.20. The second kappa shape index (κ2) is 5.32. The van der Waals surface area contributed by atoms with Gasteiger partial charge in [0, 0.05) is 18.3 Å². The number of nitrogens with zero attached hydrogens (tertiary/aromatic N) is 3. The van der Waals surface area contributed by atoms with E-state index in [0.29, 0.717) is 6.04 Å². The Kier molecular flexibility index (Phi) is 3.37. The SMILES string of the molecule is Cc1nc(Nc2ccccn2)cc([C@@H]2CCCN2)n1. The van der Waals surface area contributed by atoms with Crippen molar-refractivity contribution in [2.45, 2.75) is 25.8 Å². The van der Waals surface area contributed by atoms with E-state index in [4.69, 9.17) is 0 Å². The second-order valence-electron chi connectivity index (χ2n) is 4.71. The molecule has 98 valence electrons. The van der Waals surface area contributed by atoms with Crippen molar-refractivity contribution in [2.24, 2.45) is 0 Å². The van der Waals surface area contributed by atoms with Gasteiger partial charge in [-0.25, -0.2) is 15.0 Å². The van der Waals surface area contributed by atoms with Crippen LogP contribution in [0.5, 0.6) is 0 Å². The van der Waals surface area contributed by atoms with Gasteiger partial charge >= 0.3 is 0 Å². The van der Waals surface area contributed by atoms with Gasteiger partial charge in [0.2, 0.25) is 0 Å². The van der Waals surface area contributed by atoms with Crippen molar-refractivity contribution in [3.63, 3.8) is 0 Å². The van der Waals surface area contributed by atoms with Gasteiger partial charge in [-0.1, -0.05) is 6.07 Å². The van der Waals surface area contributed by atoms with Crippen LogP contribution in [0.1, 0.15) is 30.4 Å². The summed E-state index contributed by atoms with van der Waals surface area (Å²) >= 11 is 0. The Hall–Kier alpha value is -2.01. The minimum Gasteiger partial charge on any atom is -0.325 e. The monoisotopic (exact) mass is 255 g/mol. The van der Waals surface area contributed by atoms with Crippen molar-refractivity contribution in [3.05, 3.63) is 42.0 Å². The van der Waals surface area contributed by atoms with E-state index < -0.39 is 0 Å². The maximum Gasteiger partial charge on any atom is 0.135 e. The number of rotatable bonds is 3. The van der Waals surface area contributed by atoms with E-state index in [2.05, 4.69) is 25.6 Å².